The van der Waals surface area contributed by atoms with Gasteiger partial charge in [0.2, 0.25) is 0 Å². The fraction of sp³-hybridized carbons (Fsp3) is 0.885. The third kappa shape index (κ3) is 11.2. The average molecular weight is 408 g/mol. The van der Waals surface area contributed by atoms with Crippen molar-refractivity contribution in [1.82, 2.24) is 0 Å². The first-order valence-corrected chi connectivity index (χ1v) is 12.3. The molecule has 0 heterocycles. The van der Waals surface area contributed by atoms with Gasteiger partial charge in [0, 0.05) is 13.7 Å². The Labute approximate surface area is 181 Å². The van der Waals surface area contributed by atoms with E-state index in [0.717, 1.165) is 18.7 Å². The Morgan fingerprint density at radius 1 is 0.759 bits per heavy atom. The third-order valence-electron chi connectivity index (χ3n) is 6.67. The van der Waals surface area contributed by atoms with Gasteiger partial charge in [-0.3, -0.25) is 0 Å². The van der Waals surface area contributed by atoms with Crippen molar-refractivity contribution in [2.24, 2.45) is 10.6 Å². The van der Waals surface area contributed by atoms with Crippen molar-refractivity contribution in [3.63, 3.8) is 0 Å². The largest absolute Gasteiger partial charge is 0.399 e. The van der Waals surface area contributed by atoms with Crippen LogP contribution < -0.4 is 0 Å². The van der Waals surface area contributed by atoms with E-state index in [4.69, 9.17) is 9.57 Å². The van der Waals surface area contributed by atoms with Crippen LogP contribution in [0.1, 0.15) is 124 Å². The van der Waals surface area contributed by atoms with Gasteiger partial charge in [0.15, 0.2) is 0 Å². The molecular formula is C26H49NO2. The van der Waals surface area contributed by atoms with E-state index in [-0.39, 0.29) is 0 Å². The molecule has 170 valence electrons. The van der Waals surface area contributed by atoms with E-state index in [1.54, 1.807) is 19.8 Å². The zero-order chi connectivity index (χ0) is 21.4. The minimum absolute atomic E-state index is 0.320. The first-order chi connectivity index (χ1) is 14.0. The normalized spacial score (nSPS) is 17.9. The van der Waals surface area contributed by atoms with Crippen LogP contribution in [0.5, 0.6) is 0 Å². The number of allylic oxidation sites excluding steroid dienone is 2. The van der Waals surface area contributed by atoms with E-state index in [2.05, 4.69) is 25.9 Å². The number of oxime groups is 1. The number of rotatable bonds is 17. The smallest absolute Gasteiger partial charge is 0.106 e. The molecule has 0 atom stereocenters. The van der Waals surface area contributed by atoms with Crippen LogP contribution in [0.2, 0.25) is 0 Å². The lowest BCUT2D eigenvalue weighted by atomic mass is 9.70. The van der Waals surface area contributed by atoms with E-state index in [1.807, 2.05) is 0 Å². The Morgan fingerprint density at radius 2 is 1.24 bits per heavy atom. The highest BCUT2D eigenvalue weighted by Crippen LogP contribution is 2.41. The number of methoxy groups -OCH3 is 1. The van der Waals surface area contributed by atoms with Crippen molar-refractivity contribution in [2.45, 2.75) is 124 Å². The van der Waals surface area contributed by atoms with E-state index >= 15 is 0 Å². The van der Waals surface area contributed by atoms with Gasteiger partial charge in [-0.2, -0.15) is 0 Å². The SMILES string of the molecule is COCCCCCCCCCCCCCCCC1=C(C)/C(=N/OC)CCC1(C)C. The standard InChI is InChI=1S/C26H49NO2/c1-23-24(26(2,3)21-20-25(23)27-29-5)19-17-15-13-11-9-7-6-8-10-12-14-16-18-22-28-4/h6-22H2,1-5H3/b27-25+. The monoisotopic (exact) mass is 407 g/mol. The zero-order valence-corrected chi connectivity index (χ0v) is 20.3. The molecular weight excluding hydrogens is 358 g/mol. The zero-order valence-electron chi connectivity index (χ0n) is 20.3. The molecule has 3 heteroatoms. The summed E-state index contributed by atoms with van der Waals surface area (Å²) in [5.41, 5.74) is 4.49. The molecule has 29 heavy (non-hydrogen) atoms. The lowest BCUT2D eigenvalue weighted by Gasteiger charge is -2.35. The van der Waals surface area contributed by atoms with Crippen molar-refractivity contribution in [1.29, 1.82) is 0 Å². The lowest BCUT2D eigenvalue weighted by Crippen LogP contribution is -2.25. The number of unbranched alkanes of at least 4 members (excludes halogenated alkanes) is 12. The first kappa shape index (κ1) is 26.2. The summed E-state index contributed by atoms with van der Waals surface area (Å²) >= 11 is 0. The Kier molecular flexibility index (Phi) is 14.4. The van der Waals surface area contributed by atoms with Gasteiger partial charge in [-0.05, 0) is 50.0 Å². The molecule has 0 spiro atoms. The minimum atomic E-state index is 0.320. The summed E-state index contributed by atoms with van der Waals surface area (Å²) in [6.07, 6.45) is 21.4. The molecule has 0 bridgehead atoms. The molecule has 0 aromatic heterocycles. The second-order valence-electron chi connectivity index (χ2n) is 9.55. The molecule has 0 aromatic rings. The van der Waals surface area contributed by atoms with Gasteiger partial charge < -0.3 is 9.57 Å². The second-order valence-corrected chi connectivity index (χ2v) is 9.55. The number of nitrogens with zero attached hydrogens (tertiary/aromatic N) is 1. The van der Waals surface area contributed by atoms with E-state index in [9.17, 15) is 0 Å². The molecule has 0 fully saturated rings. The van der Waals surface area contributed by atoms with E-state index in [0.29, 0.717) is 5.41 Å². The molecule has 1 aliphatic rings. The highest BCUT2D eigenvalue weighted by Gasteiger charge is 2.30. The predicted molar refractivity (Wildman–Crippen MR) is 127 cm³/mol. The van der Waals surface area contributed by atoms with Gasteiger partial charge in [-0.15, -0.1) is 0 Å². The molecule has 0 aliphatic heterocycles. The van der Waals surface area contributed by atoms with E-state index in [1.165, 1.54) is 102 Å². The summed E-state index contributed by atoms with van der Waals surface area (Å²) in [4.78, 5) is 5.05. The van der Waals surface area contributed by atoms with Gasteiger partial charge in [-0.25, -0.2) is 0 Å². The summed E-state index contributed by atoms with van der Waals surface area (Å²) in [6.45, 7) is 7.97. The summed E-state index contributed by atoms with van der Waals surface area (Å²) in [7, 11) is 3.45. The molecule has 0 radical (unpaired) electrons. The maximum atomic E-state index is 5.10. The van der Waals surface area contributed by atoms with Gasteiger partial charge in [0.1, 0.15) is 7.11 Å². The van der Waals surface area contributed by atoms with Crippen LogP contribution in [-0.2, 0) is 9.57 Å². The van der Waals surface area contributed by atoms with Crippen molar-refractivity contribution < 1.29 is 9.57 Å². The number of hydrogen-bond donors (Lipinski definition) is 0. The van der Waals surface area contributed by atoms with Gasteiger partial charge >= 0.3 is 0 Å². The third-order valence-corrected chi connectivity index (χ3v) is 6.67. The molecule has 1 aliphatic carbocycles. The van der Waals surface area contributed by atoms with Crippen LogP contribution >= 0.6 is 0 Å². The Balaban J connectivity index is 2.04. The fourth-order valence-electron chi connectivity index (χ4n) is 4.69. The van der Waals surface area contributed by atoms with Crippen LogP contribution in [0.25, 0.3) is 0 Å². The highest BCUT2D eigenvalue weighted by molar-refractivity contribution is 6.01. The molecule has 0 aromatic carbocycles. The van der Waals surface area contributed by atoms with Crippen molar-refractivity contribution >= 4 is 5.71 Å². The molecule has 0 unspecified atom stereocenters. The van der Waals surface area contributed by atoms with Crippen LogP contribution in [-0.4, -0.2) is 26.5 Å². The number of hydrogen-bond acceptors (Lipinski definition) is 3. The summed E-state index contributed by atoms with van der Waals surface area (Å²) < 4.78 is 5.10. The molecule has 3 nitrogen and oxygen atoms in total. The predicted octanol–water partition coefficient (Wildman–Crippen LogP) is 8.23. The topological polar surface area (TPSA) is 30.8 Å². The van der Waals surface area contributed by atoms with Crippen LogP contribution in [0.3, 0.4) is 0 Å². The second kappa shape index (κ2) is 15.9. The van der Waals surface area contributed by atoms with Gasteiger partial charge in [0.25, 0.3) is 0 Å². The lowest BCUT2D eigenvalue weighted by molar-refractivity contribution is 0.192. The van der Waals surface area contributed by atoms with Crippen LogP contribution in [0.4, 0.5) is 0 Å². The Bertz CT molecular complexity index is 479. The molecule has 0 saturated heterocycles. The van der Waals surface area contributed by atoms with Crippen molar-refractivity contribution in [3.05, 3.63) is 11.1 Å². The van der Waals surface area contributed by atoms with Crippen molar-refractivity contribution in [3.8, 4) is 0 Å². The summed E-state index contributed by atoms with van der Waals surface area (Å²) in [6, 6.07) is 0. The van der Waals surface area contributed by atoms with E-state index < -0.39 is 0 Å². The average Bonchev–Trinajstić information content (AvgIpc) is 2.69. The minimum Gasteiger partial charge on any atom is -0.399 e. The van der Waals surface area contributed by atoms with Gasteiger partial charge in [0.05, 0.1) is 5.71 Å². The number of ether oxygens (including phenoxy) is 1. The molecule has 0 N–H and O–H groups in total. The van der Waals surface area contributed by atoms with Gasteiger partial charge in [-0.1, -0.05) is 95.2 Å². The van der Waals surface area contributed by atoms with Crippen LogP contribution in [0, 0.1) is 5.41 Å². The summed E-state index contributed by atoms with van der Waals surface area (Å²) in [5.74, 6) is 0. The Hall–Kier alpha value is -0.830. The van der Waals surface area contributed by atoms with Crippen LogP contribution in [0.15, 0.2) is 16.3 Å². The van der Waals surface area contributed by atoms with Crippen molar-refractivity contribution in [2.75, 3.05) is 20.8 Å². The Morgan fingerprint density at radius 3 is 1.72 bits per heavy atom. The highest BCUT2D eigenvalue weighted by atomic mass is 16.6. The molecule has 0 amide bonds. The maximum Gasteiger partial charge on any atom is 0.106 e. The first-order valence-electron chi connectivity index (χ1n) is 12.3. The molecule has 1 rings (SSSR count). The summed E-state index contributed by atoms with van der Waals surface area (Å²) in [5, 5.41) is 4.26. The fourth-order valence-corrected chi connectivity index (χ4v) is 4.69. The molecule has 0 saturated carbocycles. The maximum absolute atomic E-state index is 5.10. The quantitative estimate of drug-likeness (QED) is 0.179.